The summed E-state index contributed by atoms with van der Waals surface area (Å²) in [6.07, 6.45) is -5.00. The summed E-state index contributed by atoms with van der Waals surface area (Å²) in [5, 5.41) is 1.51. The molecule has 0 atom stereocenters. The number of hydrogen-bond acceptors (Lipinski definition) is 4. The molecule has 0 radical (unpaired) electrons. The van der Waals surface area contributed by atoms with Crippen LogP contribution in [0.4, 0.5) is 18.2 Å². The Kier molecular flexibility index (Phi) is 4.33. The second kappa shape index (κ2) is 5.38. The topological polar surface area (TPSA) is 55.4 Å². The number of amides is 1. The molecule has 0 aliphatic rings. The second-order valence-electron chi connectivity index (χ2n) is 3.27. The van der Waals surface area contributed by atoms with Gasteiger partial charge in [-0.3, -0.25) is 4.79 Å². The van der Waals surface area contributed by atoms with Crippen LogP contribution in [-0.2, 0) is 9.53 Å². The molecular formula is C10H10F3NO3S. The number of carbonyl (C=O) groups is 2. The maximum atomic E-state index is 12.1. The Balaban J connectivity index is 2.96. The Bertz CT molecular complexity index is 467. The number of alkyl halides is 3. The molecule has 1 aromatic heterocycles. The van der Waals surface area contributed by atoms with Crippen molar-refractivity contribution in [2.45, 2.75) is 20.0 Å². The standard InChI is InChI=1S/C10H10F3NO3S/c1-3-17-8(15)6-4-5(2)18-7(6)14-9(16)10(11,12)13/h4H,3H2,1-2H3,(H,14,16). The molecule has 0 aliphatic carbocycles. The van der Waals surface area contributed by atoms with Crippen molar-refractivity contribution in [1.29, 1.82) is 0 Å². The van der Waals surface area contributed by atoms with E-state index in [1.165, 1.54) is 6.07 Å². The molecule has 1 rings (SSSR count). The first-order chi connectivity index (χ1) is 8.25. The first kappa shape index (κ1) is 14.5. The Morgan fingerprint density at radius 2 is 2.06 bits per heavy atom. The van der Waals surface area contributed by atoms with Gasteiger partial charge in [-0.1, -0.05) is 0 Å². The molecule has 1 aromatic rings. The lowest BCUT2D eigenvalue weighted by Crippen LogP contribution is -2.30. The van der Waals surface area contributed by atoms with Gasteiger partial charge in [-0.15, -0.1) is 11.3 Å². The van der Waals surface area contributed by atoms with E-state index in [9.17, 15) is 22.8 Å². The van der Waals surface area contributed by atoms with E-state index in [-0.39, 0.29) is 17.2 Å². The predicted molar refractivity (Wildman–Crippen MR) is 59.7 cm³/mol. The molecule has 0 spiro atoms. The molecule has 0 bridgehead atoms. The first-order valence-corrected chi connectivity index (χ1v) is 5.73. The fraction of sp³-hybridized carbons (Fsp3) is 0.400. The number of nitrogens with one attached hydrogen (secondary N) is 1. The zero-order chi connectivity index (χ0) is 13.9. The van der Waals surface area contributed by atoms with Crippen molar-refractivity contribution >= 4 is 28.2 Å². The monoisotopic (exact) mass is 281 g/mol. The van der Waals surface area contributed by atoms with Gasteiger partial charge in [0, 0.05) is 4.88 Å². The lowest BCUT2D eigenvalue weighted by molar-refractivity contribution is -0.167. The van der Waals surface area contributed by atoms with Crippen LogP contribution < -0.4 is 5.32 Å². The minimum absolute atomic E-state index is 0.0723. The lowest BCUT2D eigenvalue weighted by atomic mass is 10.3. The number of thiophene rings is 1. The largest absolute Gasteiger partial charge is 0.471 e. The number of halogens is 3. The summed E-state index contributed by atoms with van der Waals surface area (Å²) >= 11 is 0.880. The normalized spacial score (nSPS) is 11.2. The fourth-order valence-corrected chi connectivity index (χ4v) is 2.04. The molecule has 0 aromatic carbocycles. The summed E-state index contributed by atoms with van der Waals surface area (Å²) in [6.45, 7) is 3.28. The van der Waals surface area contributed by atoms with Crippen LogP contribution in [0.15, 0.2) is 6.07 Å². The van der Waals surface area contributed by atoms with E-state index in [0.717, 1.165) is 11.3 Å². The quantitative estimate of drug-likeness (QED) is 0.867. The number of hydrogen-bond donors (Lipinski definition) is 1. The molecule has 8 heteroatoms. The number of anilines is 1. The Hall–Kier alpha value is -1.57. The zero-order valence-electron chi connectivity index (χ0n) is 9.55. The van der Waals surface area contributed by atoms with Gasteiger partial charge in [0.15, 0.2) is 0 Å². The Morgan fingerprint density at radius 1 is 1.44 bits per heavy atom. The van der Waals surface area contributed by atoms with Crippen molar-refractivity contribution in [1.82, 2.24) is 0 Å². The highest BCUT2D eigenvalue weighted by Crippen LogP contribution is 2.30. The summed E-state index contributed by atoms with van der Waals surface area (Å²) in [5.74, 6) is -2.88. The summed E-state index contributed by atoms with van der Waals surface area (Å²) in [6, 6.07) is 1.37. The van der Waals surface area contributed by atoms with Crippen LogP contribution in [0.5, 0.6) is 0 Å². The maximum Gasteiger partial charge on any atom is 0.471 e. The van der Waals surface area contributed by atoms with Crippen LogP contribution in [0.3, 0.4) is 0 Å². The van der Waals surface area contributed by atoms with Crippen molar-refractivity contribution in [3.63, 3.8) is 0 Å². The molecular weight excluding hydrogens is 271 g/mol. The van der Waals surface area contributed by atoms with Crippen molar-refractivity contribution in [2.24, 2.45) is 0 Å². The summed E-state index contributed by atoms with van der Waals surface area (Å²) in [5.41, 5.74) is -0.0723. The molecule has 100 valence electrons. The van der Waals surface area contributed by atoms with Crippen molar-refractivity contribution in [3.8, 4) is 0 Å². The number of carbonyl (C=O) groups excluding carboxylic acids is 2. The van der Waals surface area contributed by atoms with Crippen LogP contribution in [0.25, 0.3) is 0 Å². The van der Waals surface area contributed by atoms with Gasteiger partial charge in [-0.25, -0.2) is 4.79 Å². The van der Waals surface area contributed by atoms with E-state index in [1.54, 1.807) is 19.2 Å². The van der Waals surface area contributed by atoms with Crippen LogP contribution in [0.2, 0.25) is 0 Å². The number of esters is 1. The van der Waals surface area contributed by atoms with Gasteiger partial charge in [-0.05, 0) is 19.9 Å². The predicted octanol–water partition coefficient (Wildman–Crippen LogP) is 2.73. The van der Waals surface area contributed by atoms with E-state index in [0.29, 0.717) is 4.88 Å². The molecule has 1 heterocycles. The number of ether oxygens (including phenoxy) is 1. The average Bonchev–Trinajstić information content (AvgIpc) is 2.58. The molecule has 1 N–H and O–H groups in total. The Labute approximate surface area is 105 Å². The maximum absolute atomic E-state index is 12.1. The van der Waals surface area contributed by atoms with Crippen molar-refractivity contribution in [3.05, 3.63) is 16.5 Å². The number of rotatable bonds is 3. The smallest absolute Gasteiger partial charge is 0.462 e. The first-order valence-electron chi connectivity index (χ1n) is 4.91. The SMILES string of the molecule is CCOC(=O)c1cc(C)sc1NC(=O)C(F)(F)F. The van der Waals surface area contributed by atoms with Gasteiger partial charge < -0.3 is 10.1 Å². The molecule has 0 saturated heterocycles. The van der Waals surface area contributed by atoms with E-state index in [1.807, 2.05) is 0 Å². The Morgan fingerprint density at radius 3 is 2.56 bits per heavy atom. The molecule has 0 unspecified atom stereocenters. The summed E-state index contributed by atoms with van der Waals surface area (Å²) in [4.78, 5) is 22.8. The minimum Gasteiger partial charge on any atom is -0.462 e. The van der Waals surface area contributed by atoms with E-state index >= 15 is 0 Å². The van der Waals surface area contributed by atoms with Crippen LogP contribution >= 0.6 is 11.3 Å². The summed E-state index contributed by atoms with van der Waals surface area (Å²) in [7, 11) is 0. The van der Waals surface area contributed by atoms with Gasteiger partial charge in [-0.2, -0.15) is 13.2 Å². The fourth-order valence-electron chi connectivity index (χ4n) is 1.14. The second-order valence-corrected chi connectivity index (χ2v) is 4.53. The highest BCUT2D eigenvalue weighted by atomic mass is 32.1. The van der Waals surface area contributed by atoms with Crippen molar-refractivity contribution < 1.29 is 27.5 Å². The lowest BCUT2D eigenvalue weighted by Gasteiger charge is -2.07. The van der Waals surface area contributed by atoms with E-state index < -0.39 is 18.1 Å². The van der Waals surface area contributed by atoms with Crippen LogP contribution in [0, 0.1) is 6.92 Å². The molecule has 1 amide bonds. The van der Waals surface area contributed by atoms with Crippen molar-refractivity contribution in [2.75, 3.05) is 11.9 Å². The van der Waals surface area contributed by atoms with E-state index in [4.69, 9.17) is 0 Å². The van der Waals surface area contributed by atoms with Gasteiger partial charge in [0.25, 0.3) is 0 Å². The molecule has 0 aliphatic heterocycles. The zero-order valence-corrected chi connectivity index (χ0v) is 10.4. The molecule has 0 saturated carbocycles. The summed E-state index contributed by atoms with van der Waals surface area (Å²) < 4.78 is 41.0. The molecule has 4 nitrogen and oxygen atoms in total. The van der Waals surface area contributed by atoms with Gasteiger partial charge in [0.1, 0.15) is 5.00 Å². The number of aryl methyl sites for hydroxylation is 1. The van der Waals surface area contributed by atoms with Gasteiger partial charge in [0.05, 0.1) is 12.2 Å². The highest BCUT2D eigenvalue weighted by Gasteiger charge is 2.39. The molecule has 0 fully saturated rings. The third-order valence-corrected chi connectivity index (χ3v) is 2.80. The van der Waals surface area contributed by atoms with Gasteiger partial charge >= 0.3 is 18.1 Å². The average molecular weight is 281 g/mol. The third kappa shape index (κ3) is 3.46. The minimum atomic E-state index is -5.00. The van der Waals surface area contributed by atoms with Gasteiger partial charge in [0.2, 0.25) is 0 Å². The highest BCUT2D eigenvalue weighted by molar-refractivity contribution is 7.16. The molecule has 18 heavy (non-hydrogen) atoms. The van der Waals surface area contributed by atoms with Crippen LogP contribution in [-0.4, -0.2) is 24.7 Å². The van der Waals surface area contributed by atoms with Crippen LogP contribution in [0.1, 0.15) is 22.2 Å². The van der Waals surface area contributed by atoms with E-state index in [2.05, 4.69) is 4.74 Å². The third-order valence-electron chi connectivity index (χ3n) is 1.84.